The number of nitrogens with one attached hydrogen (secondary N) is 21. The van der Waals surface area contributed by atoms with Crippen LogP contribution in [0.4, 0.5) is 0 Å². The van der Waals surface area contributed by atoms with Gasteiger partial charge in [0.25, 0.3) is 0 Å². The van der Waals surface area contributed by atoms with Crippen LogP contribution in [0, 0.1) is 23.2 Å². The number of nitrogens with two attached hydrogens (primary N) is 5. The number of amides is 19. The van der Waals surface area contributed by atoms with Crippen molar-refractivity contribution in [1.82, 2.24) is 106 Å². The molecular weight excluding hydrogens is 1980 g/mol. The Balaban J connectivity index is 3.59. The van der Waals surface area contributed by atoms with Gasteiger partial charge in [-0.2, -0.15) is 11.8 Å². The van der Waals surface area contributed by atoms with E-state index in [0.717, 1.165) is 34.6 Å². The van der Waals surface area contributed by atoms with Crippen molar-refractivity contribution >= 4 is 142 Å². The number of thioether (sulfide) groups is 1. The first-order chi connectivity index (χ1) is 70.0. The summed E-state index contributed by atoms with van der Waals surface area (Å²) in [5.74, 6) is -26.8. The lowest BCUT2D eigenvalue weighted by atomic mass is 9.97. The quantitative estimate of drug-likeness (QED) is 0.0164. The van der Waals surface area contributed by atoms with E-state index in [1.807, 2.05) is 0 Å². The fourth-order valence-corrected chi connectivity index (χ4v) is 14.9. The zero-order chi connectivity index (χ0) is 113. The van der Waals surface area contributed by atoms with Crippen molar-refractivity contribution in [2.75, 3.05) is 64.5 Å². The molecule has 19 amide bonds. The first-order valence-corrected chi connectivity index (χ1v) is 50.6. The number of rotatable bonds is 74. The van der Waals surface area contributed by atoms with Gasteiger partial charge in [-0.3, -0.25) is 101 Å². The van der Waals surface area contributed by atoms with Crippen LogP contribution in [0.1, 0.15) is 185 Å². The molecule has 0 aliphatic carbocycles. The Kier molecular flexibility index (Phi) is 64.0. The average molecular weight is 2140 g/mol. The van der Waals surface area contributed by atoms with Gasteiger partial charge in [0.2, 0.25) is 112 Å². The summed E-state index contributed by atoms with van der Waals surface area (Å²) in [6.45, 7) is 12.4. The van der Waals surface area contributed by atoms with Crippen molar-refractivity contribution in [3.8, 4) is 0 Å². The van der Waals surface area contributed by atoms with Crippen LogP contribution < -0.4 is 135 Å². The monoisotopic (exact) mass is 2140 g/mol. The molecule has 0 radical (unpaired) electrons. The van der Waals surface area contributed by atoms with Gasteiger partial charge in [0, 0.05) is 13.0 Å². The Labute approximate surface area is 868 Å². The third-order valence-corrected chi connectivity index (χ3v) is 23.9. The lowest BCUT2D eigenvalue weighted by Crippen LogP contribution is -2.64. The van der Waals surface area contributed by atoms with Gasteiger partial charge >= 0.3 is 11.9 Å². The number of aliphatic carboxylic acids is 2. The summed E-state index contributed by atoms with van der Waals surface area (Å²) in [7, 11) is 0. The third-order valence-electron chi connectivity index (χ3n) is 23.2. The molecule has 0 fully saturated rings. The smallest absolute Gasteiger partial charge is 0.328 e. The van der Waals surface area contributed by atoms with E-state index < -0.39 is 320 Å². The van der Waals surface area contributed by atoms with Crippen LogP contribution >= 0.6 is 11.8 Å². The van der Waals surface area contributed by atoms with E-state index in [4.69, 9.17) is 34.1 Å². The maximum atomic E-state index is 14.6. The zero-order valence-corrected chi connectivity index (χ0v) is 87.3. The first kappa shape index (κ1) is 134. The molecule has 844 valence electrons. The van der Waals surface area contributed by atoms with Crippen LogP contribution in [0.15, 0.2) is 30.3 Å². The van der Waals surface area contributed by atoms with Crippen molar-refractivity contribution in [3.05, 3.63) is 35.9 Å². The maximum Gasteiger partial charge on any atom is 0.328 e. The fourth-order valence-electron chi connectivity index (χ4n) is 14.5. The molecule has 0 aliphatic heterocycles. The largest absolute Gasteiger partial charge is 0.481 e. The number of carboxylic acid groups (broad SMARTS) is 2. The van der Waals surface area contributed by atoms with Gasteiger partial charge in [-0.1, -0.05) is 78.3 Å². The Bertz CT molecular complexity index is 4530. The molecule has 1 rings (SSSR count). The molecule has 0 unspecified atom stereocenters. The van der Waals surface area contributed by atoms with Crippen LogP contribution in [0.25, 0.3) is 0 Å². The van der Waals surface area contributed by atoms with Crippen molar-refractivity contribution in [2.45, 2.75) is 325 Å². The van der Waals surface area contributed by atoms with Gasteiger partial charge in [-0.05, 0) is 180 Å². The van der Waals surface area contributed by atoms with Crippen LogP contribution in [0.2, 0.25) is 0 Å². The number of hydrogen-bond acceptors (Lipinski definition) is 34. The van der Waals surface area contributed by atoms with E-state index in [1.165, 1.54) is 39.5 Å². The minimum absolute atomic E-state index is 0.00356. The van der Waals surface area contributed by atoms with E-state index in [1.54, 1.807) is 57.4 Å². The van der Waals surface area contributed by atoms with E-state index in [9.17, 15) is 147 Å². The summed E-state index contributed by atoms with van der Waals surface area (Å²) >= 11 is 1.28. The van der Waals surface area contributed by atoms with Gasteiger partial charge in [-0.15, -0.1) is 0 Å². The highest BCUT2D eigenvalue weighted by molar-refractivity contribution is 7.98. The summed E-state index contributed by atoms with van der Waals surface area (Å²) in [4.78, 5) is 290. The second kappa shape index (κ2) is 71.0. The Morgan fingerprint density at radius 3 is 1.08 bits per heavy atom. The predicted octanol–water partition coefficient (Wildman–Crippen LogP) is -12.4. The minimum atomic E-state index is -2.15. The first-order valence-electron chi connectivity index (χ1n) is 49.2. The Morgan fingerprint density at radius 2 is 0.678 bits per heavy atom. The second-order valence-corrected chi connectivity index (χ2v) is 37.8. The van der Waals surface area contributed by atoms with Gasteiger partial charge in [0.05, 0.1) is 63.2 Å². The number of carbonyl (C=O) groups excluding carboxylic acids is 19. The lowest BCUT2D eigenvalue weighted by Gasteiger charge is -2.30. The molecule has 0 bridgehead atoms. The van der Waals surface area contributed by atoms with Crippen molar-refractivity contribution in [3.63, 3.8) is 0 Å². The standard InChI is InChI=1S/C92H160N26O30S/c1-14-46(6)68(113-89(145)70(49(9)122)115-82(138)60(38-53-25-16-15-17-26-53)108-76(132)55(30-24-35-99-92(97)98)102-65(127)41-100-75(131)54(27-18-21-32-93)103-74(130)47(7)101-64(126)40-96)86(142)110-62(42-119)83(139)105-57(29-20-23-34-95)78(134)114-69(48(8)121)87(143)111-63(43-120)84(140)116-71(50(10)123)90(146)117-72(51(11)124)88(144)112-67(45(4)5)85(141)109-61(39-66(128)129)81(137)107-59(37-44(2)3)80(136)104-56(28-19-22-33-94)77(133)106-58(31-36-149-13)79(135)118-73(52(12)125)91(147)148/h15-17,25-26,44-52,54-63,67-73,119-125H,14,18-24,27-43,93-96H2,1-13H3,(H,100,131)(H,101,126)(H,102,127)(H,103,130)(H,104,136)(H,105,139)(H,106,133)(H,107,137)(H,108,132)(H,109,141)(H,110,142)(H,111,143)(H,112,144)(H,113,145)(H,114,134)(H,115,138)(H,116,140)(H,117,146)(H,118,135)(H,128,129)(H,147,148)(H4,97,98,99)/t46-,47-,48+,49+,50+,51+,52+,54-,55-,56-,57-,58-,59-,60-,61-,62-,63-,67-,68-,69-,70-,71-,72-,73-/m0/s1. The molecular formula is C92H160N26O30S. The highest BCUT2D eigenvalue weighted by atomic mass is 32.2. The van der Waals surface area contributed by atoms with Crippen LogP contribution in [0.3, 0.4) is 0 Å². The average Bonchev–Trinajstić information content (AvgIpc) is 0.840. The molecule has 0 spiro atoms. The molecule has 1 aromatic rings. The summed E-state index contributed by atoms with van der Waals surface area (Å²) in [5, 5.41) is 150. The van der Waals surface area contributed by atoms with E-state index in [-0.39, 0.29) is 109 Å². The predicted molar refractivity (Wildman–Crippen MR) is 540 cm³/mol. The van der Waals surface area contributed by atoms with E-state index >= 15 is 0 Å². The molecule has 57 heteroatoms. The summed E-state index contributed by atoms with van der Waals surface area (Å²) in [6, 6.07) is -23.1. The molecule has 40 N–H and O–H groups in total. The number of aliphatic hydroxyl groups excluding tert-OH is 7. The number of carboxylic acids is 2. The van der Waals surface area contributed by atoms with Crippen molar-refractivity contribution < 1.29 is 147 Å². The number of aliphatic hydroxyl groups is 7. The van der Waals surface area contributed by atoms with E-state index in [2.05, 4.69) is 106 Å². The molecule has 0 heterocycles. The topological polar surface area (TPSA) is 935 Å². The Hall–Kier alpha value is -12.7. The minimum Gasteiger partial charge on any atom is -0.481 e. The molecule has 56 nitrogen and oxygen atoms in total. The van der Waals surface area contributed by atoms with Gasteiger partial charge in [0.15, 0.2) is 12.0 Å². The van der Waals surface area contributed by atoms with Crippen molar-refractivity contribution in [1.29, 1.82) is 5.41 Å². The van der Waals surface area contributed by atoms with E-state index in [0.29, 0.717) is 24.8 Å². The third kappa shape index (κ3) is 50.4. The molecule has 149 heavy (non-hydrogen) atoms. The van der Waals surface area contributed by atoms with Crippen LogP contribution in [-0.4, -0.2) is 380 Å². The summed E-state index contributed by atoms with van der Waals surface area (Å²) in [6.07, 6.45) is -7.71. The molecule has 0 saturated carbocycles. The fraction of sp³-hybridized carbons (Fsp3) is 0.696. The number of carbonyl (C=O) groups is 21. The summed E-state index contributed by atoms with van der Waals surface area (Å²) < 4.78 is 0. The van der Waals surface area contributed by atoms with Crippen molar-refractivity contribution in [2.24, 2.45) is 46.4 Å². The molecule has 0 aliphatic rings. The lowest BCUT2D eigenvalue weighted by molar-refractivity contribution is -0.145. The molecule has 24 atom stereocenters. The number of guanidine groups is 1. The van der Waals surface area contributed by atoms with Gasteiger partial charge < -0.3 is 181 Å². The van der Waals surface area contributed by atoms with Crippen LogP contribution in [0.5, 0.6) is 0 Å². The molecule has 0 saturated heterocycles. The number of benzene rings is 1. The number of unbranched alkanes of at least 4 members (excludes halogenated alkanes) is 3. The highest BCUT2D eigenvalue weighted by Crippen LogP contribution is 2.18. The number of hydrogen-bond donors (Lipinski definition) is 35. The SMILES string of the molecule is CC[C@H](C)[C@H](NC(=O)[C@@H](NC(=O)[C@H](Cc1ccccc1)NC(=O)[C@H](CCCNC(=N)N)NC(=O)CNC(=O)[C@H](CCCCN)NC(=O)[C@H](C)NC(=O)CN)[C@@H](C)O)C(=O)N[C@@H](CO)C(=O)N[C@@H](CCCCN)C(=O)N[C@H](C(=O)N[C@@H](CO)C(=O)N[C@H](C(=O)N[C@H](C(=O)N[C@H](C(=O)N[C@@H](CC(=O)O)C(=O)N[C@@H](CC(C)C)C(=O)N[C@@H](CCCCN)C(=O)N[C@@H](CCSC)C(=O)N[C@H](C(=O)O)[C@@H](C)O)C(C)C)[C@@H](C)O)[C@@H](C)O)[C@@H](C)O. The second-order valence-electron chi connectivity index (χ2n) is 36.9. The van der Waals surface area contributed by atoms with Gasteiger partial charge in [0.1, 0.15) is 103 Å². The normalized spacial score (nSPS) is 16.1. The molecule has 0 aromatic heterocycles. The summed E-state index contributed by atoms with van der Waals surface area (Å²) in [5.41, 5.74) is 28.4. The maximum absolute atomic E-state index is 14.6. The highest BCUT2D eigenvalue weighted by Gasteiger charge is 2.43. The van der Waals surface area contributed by atoms with Crippen LogP contribution in [-0.2, 0) is 107 Å². The molecule has 1 aromatic carbocycles. The Morgan fingerprint density at radius 1 is 0.349 bits per heavy atom. The van der Waals surface area contributed by atoms with Gasteiger partial charge in [-0.25, -0.2) is 4.79 Å². The zero-order valence-electron chi connectivity index (χ0n) is 86.5.